The molecule has 3 heteroatoms. The fourth-order valence-electron chi connectivity index (χ4n) is 1.86. The van der Waals surface area contributed by atoms with Gasteiger partial charge in [0.25, 0.3) is 0 Å². The molecule has 0 atom stereocenters. The minimum absolute atomic E-state index is 0.0756. The molecule has 16 heavy (non-hydrogen) atoms. The zero-order valence-corrected chi connectivity index (χ0v) is 10.3. The molecular formula is C13H20N2O. The van der Waals surface area contributed by atoms with Crippen molar-refractivity contribution in [1.29, 1.82) is 0 Å². The Balaban J connectivity index is 1.95. The molecule has 1 aliphatic rings. The van der Waals surface area contributed by atoms with Crippen molar-refractivity contribution in [3.05, 3.63) is 29.3 Å². The van der Waals surface area contributed by atoms with Gasteiger partial charge in [-0.3, -0.25) is 4.90 Å². The molecule has 0 fully saturated rings. The first-order valence-corrected chi connectivity index (χ1v) is 5.68. The van der Waals surface area contributed by atoms with Crippen molar-refractivity contribution < 1.29 is 4.74 Å². The van der Waals surface area contributed by atoms with Crippen LogP contribution in [0.1, 0.15) is 31.9 Å². The van der Waals surface area contributed by atoms with Crippen LogP contribution in [0, 0.1) is 0 Å². The topological polar surface area (TPSA) is 38.5 Å². The van der Waals surface area contributed by atoms with Gasteiger partial charge in [0.05, 0.1) is 5.60 Å². The maximum Gasteiger partial charge on any atom is 0.100 e. The largest absolute Gasteiger partial charge is 0.399 e. The molecule has 0 radical (unpaired) electrons. The maximum atomic E-state index is 5.77. The second-order valence-electron chi connectivity index (χ2n) is 5.40. The van der Waals surface area contributed by atoms with E-state index >= 15 is 0 Å². The zero-order valence-electron chi connectivity index (χ0n) is 10.3. The van der Waals surface area contributed by atoms with Gasteiger partial charge >= 0.3 is 0 Å². The molecule has 1 aromatic rings. The highest BCUT2D eigenvalue weighted by atomic mass is 16.5. The van der Waals surface area contributed by atoms with Crippen molar-refractivity contribution >= 4 is 5.69 Å². The summed E-state index contributed by atoms with van der Waals surface area (Å²) in [5.74, 6) is 0. The number of fused-ring (bicyclic) bond motifs is 1. The summed E-state index contributed by atoms with van der Waals surface area (Å²) < 4.78 is 5.77. The van der Waals surface area contributed by atoms with Crippen LogP contribution >= 0.6 is 0 Å². The number of rotatable bonds is 2. The first-order valence-electron chi connectivity index (χ1n) is 5.68. The van der Waals surface area contributed by atoms with E-state index in [9.17, 15) is 0 Å². The van der Waals surface area contributed by atoms with Gasteiger partial charge in [0.15, 0.2) is 0 Å². The number of nitrogens with zero attached hydrogens (tertiary/aromatic N) is 1. The lowest BCUT2D eigenvalue weighted by Gasteiger charge is -2.24. The molecule has 0 aliphatic carbocycles. The molecule has 0 aromatic heterocycles. The Labute approximate surface area is 97.2 Å². The molecule has 2 rings (SSSR count). The van der Waals surface area contributed by atoms with Crippen LogP contribution in [-0.4, -0.2) is 17.2 Å². The van der Waals surface area contributed by atoms with E-state index in [0.717, 1.165) is 18.8 Å². The number of nitrogen functional groups attached to an aromatic ring is 1. The normalized spacial score (nSPS) is 16.4. The lowest BCUT2D eigenvalue weighted by atomic mass is 10.1. The minimum atomic E-state index is -0.0756. The second-order valence-corrected chi connectivity index (χ2v) is 5.40. The summed E-state index contributed by atoms with van der Waals surface area (Å²) in [6, 6.07) is 6.14. The Bertz CT molecular complexity index is 382. The first-order chi connectivity index (χ1) is 7.44. The zero-order chi connectivity index (χ0) is 11.8. The van der Waals surface area contributed by atoms with E-state index in [1.807, 2.05) is 6.07 Å². The van der Waals surface area contributed by atoms with Crippen molar-refractivity contribution in [2.45, 2.75) is 39.5 Å². The van der Waals surface area contributed by atoms with Crippen molar-refractivity contribution in [3.8, 4) is 0 Å². The smallest absolute Gasteiger partial charge is 0.100 e. The third kappa shape index (κ3) is 2.74. The van der Waals surface area contributed by atoms with Crippen LogP contribution in [0.3, 0.4) is 0 Å². The summed E-state index contributed by atoms with van der Waals surface area (Å²) in [6.07, 6.45) is 0. The number of hydrogen-bond donors (Lipinski definition) is 1. The molecule has 0 bridgehead atoms. The summed E-state index contributed by atoms with van der Waals surface area (Å²) in [4.78, 5) is 2.29. The Morgan fingerprint density at radius 3 is 2.62 bits per heavy atom. The first kappa shape index (κ1) is 11.4. The molecule has 1 aliphatic heterocycles. The van der Waals surface area contributed by atoms with Gasteiger partial charge in [0, 0.05) is 18.8 Å². The summed E-state index contributed by atoms with van der Waals surface area (Å²) in [7, 11) is 0. The molecule has 0 amide bonds. The van der Waals surface area contributed by atoms with E-state index in [0.29, 0.717) is 6.73 Å². The van der Waals surface area contributed by atoms with Crippen LogP contribution < -0.4 is 5.73 Å². The number of nitrogens with two attached hydrogens (primary N) is 1. The molecule has 0 spiro atoms. The lowest BCUT2D eigenvalue weighted by Crippen LogP contribution is -2.28. The highest BCUT2D eigenvalue weighted by Crippen LogP contribution is 2.25. The summed E-state index contributed by atoms with van der Waals surface area (Å²) in [6.45, 7) is 8.82. The van der Waals surface area contributed by atoms with Crippen molar-refractivity contribution in [2.24, 2.45) is 0 Å². The molecule has 2 N–H and O–H groups in total. The third-order valence-electron chi connectivity index (χ3n) is 2.70. The SMILES string of the molecule is CC(C)(C)OCN1Cc2ccc(N)cc2C1. The predicted octanol–water partition coefficient (Wildman–Crippen LogP) is 2.36. The van der Waals surface area contributed by atoms with Gasteiger partial charge < -0.3 is 10.5 Å². The van der Waals surface area contributed by atoms with E-state index in [1.54, 1.807) is 0 Å². The molecule has 3 nitrogen and oxygen atoms in total. The fourth-order valence-corrected chi connectivity index (χ4v) is 1.86. The van der Waals surface area contributed by atoms with E-state index < -0.39 is 0 Å². The minimum Gasteiger partial charge on any atom is -0.399 e. The molecular weight excluding hydrogens is 200 g/mol. The van der Waals surface area contributed by atoms with Gasteiger partial charge in [0.2, 0.25) is 0 Å². The third-order valence-corrected chi connectivity index (χ3v) is 2.70. The molecule has 0 saturated carbocycles. The highest BCUT2D eigenvalue weighted by molar-refractivity contribution is 5.46. The standard InChI is InChI=1S/C13H20N2O/c1-13(2,3)16-9-15-7-10-4-5-12(14)6-11(10)8-15/h4-6H,7-9,14H2,1-3H3. The molecule has 0 unspecified atom stereocenters. The molecule has 0 saturated heterocycles. The van der Waals surface area contributed by atoms with Gasteiger partial charge in [-0.2, -0.15) is 0 Å². The van der Waals surface area contributed by atoms with Crippen LogP contribution in [0.15, 0.2) is 18.2 Å². The van der Waals surface area contributed by atoms with Gasteiger partial charge in [-0.15, -0.1) is 0 Å². The quantitative estimate of drug-likeness (QED) is 0.778. The van der Waals surface area contributed by atoms with Crippen LogP contribution in [-0.2, 0) is 17.8 Å². The molecule has 88 valence electrons. The summed E-state index contributed by atoms with van der Waals surface area (Å²) >= 11 is 0. The van der Waals surface area contributed by atoms with Crippen molar-refractivity contribution in [1.82, 2.24) is 4.90 Å². The maximum absolute atomic E-state index is 5.77. The van der Waals surface area contributed by atoms with Gasteiger partial charge in [0.1, 0.15) is 6.73 Å². The van der Waals surface area contributed by atoms with E-state index in [1.165, 1.54) is 11.1 Å². The van der Waals surface area contributed by atoms with Gasteiger partial charge in [-0.05, 0) is 44.0 Å². The van der Waals surface area contributed by atoms with Crippen molar-refractivity contribution in [3.63, 3.8) is 0 Å². The van der Waals surface area contributed by atoms with Gasteiger partial charge in [-0.1, -0.05) is 6.07 Å². The van der Waals surface area contributed by atoms with Gasteiger partial charge in [-0.25, -0.2) is 0 Å². The van der Waals surface area contributed by atoms with E-state index in [2.05, 4.69) is 37.8 Å². The number of anilines is 1. The van der Waals surface area contributed by atoms with E-state index in [4.69, 9.17) is 10.5 Å². The monoisotopic (exact) mass is 220 g/mol. The summed E-state index contributed by atoms with van der Waals surface area (Å²) in [5.41, 5.74) is 9.24. The van der Waals surface area contributed by atoms with Crippen molar-refractivity contribution in [2.75, 3.05) is 12.5 Å². The van der Waals surface area contributed by atoms with E-state index in [-0.39, 0.29) is 5.60 Å². The molecule has 1 aromatic carbocycles. The highest BCUT2D eigenvalue weighted by Gasteiger charge is 2.20. The Hall–Kier alpha value is -1.06. The van der Waals surface area contributed by atoms with Crippen LogP contribution in [0.25, 0.3) is 0 Å². The average molecular weight is 220 g/mol. The Morgan fingerprint density at radius 1 is 1.25 bits per heavy atom. The van der Waals surface area contributed by atoms with Crippen LogP contribution in [0.2, 0.25) is 0 Å². The second kappa shape index (κ2) is 4.07. The fraction of sp³-hybridized carbons (Fsp3) is 0.538. The lowest BCUT2D eigenvalue weighted by molar-refractivity contribution is -0.0652. The average Bonchev–Trinajstić information content (AvgIpc) is 2.55. The Kier molecular flexibility index (Phi) is 2.91. The van der Waals surface area contributed by atoms with Crippen LogP contribution in [0.5, 0.6) is 0 Å². The number of ether oxygens (including phenoxy) is 1. The number of benzene rings is 1. The number of hydrogen-bond acceptors (Lipinski definition) is 3. The Morgan fingerprint density at radius 2 is 1.94 bits per heavy atom. The van der Waals surface area contributed by atoms with Crippen LogP contribution in [0.4, 0.5) is 5.69 Å². The summed E-state index contributed by atoms with van der Waals surface area (Å²) in [5, 5.41) is 0. The molecule has 1 heterocycles. The predicted molar refractivity (Wildman–Crippen MR) is 65.8 cm³/mol.